The van der Waals surface area contributed by atoms with E-state index in [9.17, 15) is 8.42 Å². The molecule has 3 rings (SSSR count). The van der Waals surface area contributed by atoms with Crippen molar-refractivity contribution in [1.29, 1.82) is 0 Å². The molecule has 1 aliphatic heterocycles. The maximum atomic E-state index is 12.7. The molecule has 4 nitrogen and oxygen atoms in total. The Morgan fingerprint density at radius 3 is 2.80 bits per heavy atom. The predicted molar refractivity (Wildman–Crippen MR) is 79.2 cm³/mol. The standard InChI is InChI=1S/C14H16N2O2S2/c1-11-7-8-14(19-11)20(17,18)16-10-4-6-13(16)12-5-2-3-9-15-12/h2-3,5,7-9,13H,4,6,10H2,1H3. The third-order valence-electron chi connectivity index (χ3n) is 3.51. The van der Waals surface area contributed by atoms with E-state index in [4.69, 9.17) is 0 Å². The fraction of sp³-hybridized carbons (Fsp3) is 0.357. The maximum Gasteiger partial charge on any atom is 0.253 e. The first-order valence-electron chi connectivity index (χ1n) is 6.58. The van der Waals surface area contributed by atoms with Crippen LogP contribution in [0.2, 0.25) is 0 Å². The van der Waals surface area contributed by atoms with E-state index in [-0.39, 0.29) is 6.04 Å². The van der Waals surface area contributed by atoms with Gasteiger partial charge in [-0.25, -0.2) is 8.42 Å². The number of thiophene rings is 1. The molecule has 0 spiro atoms. The van der Waals surface area contributed by atoms with Gasteiger partial charge in [0.25, 0.3) is 10.0 Å². The summed E-state index contributed by atoms with van der Waals surface area (Å²) in [5.74, 6) is 0. The Morgan fingerprint density at radius 2 is 2.15 bits per heavy atom. The molecule has 3 heterocycles. The van der Waals surface area contributed by atoms with Crippen molar-refractivity contribution in [2.75, 3.05) is 6.54 Å². The molecule has 0 amide bonds. The van der Waals surface area contributed by atoms with E-state index >= 15 is 0 Å². The second-order valence-corrected chi connectivity index (χ2v) is 8.30. The first-order chi connectivity index (χ1) is 9.59. The number of hydrogen-bond donors (Lipinski definition) is 0. The van der Waals surface area contributed by atoms with Gasteiger partial charge in [-0.3, -0.25) is 4.98 Å². The van der Waals surface area contributed by atoms with Gasteiger partial charge in [-0.05, 0) is 44.0 Å². The molecule has 0 radical (unpaired) electrons. The van der Waals surface area contributed by atoms with Crippen molar-refractivity contribution >= 4 is 21.4 Å². The van der Waals surface area contributed by atoms with E-state index in [1.165, 1.54) is 11.3 Å². The van der Waals surface area contributed by atoms with E-state index in [2.05, 4.69) is 4.98 Å². The number of hydrogen-bond acceptors (Lipinski definition) is 4. The van der Waals surface area contributed by atoms with Gasteiger partial charge in [-0.15, -0.1) is 11.3 Å². The van der Waals surface area contributed by atoms with Gasteiger partial charge in [0.1, 0.15) is 4.21 Å². The molecular weight excluding hydrogens is 292 g/mol. The second kappa shape index (κ2) is 5.27. The lowest BCUT2D eigenvalue weighted by atomic mass is 10.1. The molecule has 0 saturated carbocycles. The van der Waals surface area contributed by atoms with Crippen LogP contribution in [0.4, 0.5) is 0 Å². The van der Waals surface area contributed by atoms with Gasteiger partial charge in [0.2, 0.25) is 0 Å². The smallest absolute Gasteiger partial charge is 0.253 e. The summed E-state index contributed by atoms with van der Waals surface area (Å²) in [6, 6.07) is 9.06. The summed E-state index contributed by atoms with van der Waals surface area (Å²) >= 11 is 1.33. The van der Waals surface area contributed by atoms with Crippen LogP contribution in [-0.4, -0.2) is 24.3 Å². The van der Waals surface area contributed by atoms with Crippen LogP contribution >= 0.6 is 11.3 Å². The molecule has 1 saturated heterocycles. The lowest BCUT2D eigenvalue weighted by Crippen LogP contribution is -2.30. The van der Waals surface area contributed by atoms with Crippen LogP contribution in [0.3, 0.4) is 0 Å². The number of aromatic nitrogens is 1. The van der Waals surface area contributed by atoms with Crippen LogP contribution < -0.4 is 0 Å². The number of sulfonamides is 1. The van der Waals surface area contributed by atoms with Crippen LogP contribution in [0.1, 0.15) is 29.5 Å². The summed E-state index contributed by atoms with van der Waals surface area (Å²) in [5.41, 5.74) is 0.835. The minimum atomic E-state index is -3.40. The Kier molecular flexibility index (Phi) is 3.62. The van der Waals surface area contributed by atoms with Crippen molar-refractivity contribution in [2.24, 2.45) is 0 Å². The van der Waals surface area contributed by atoms with Gasteiger partial charge in [0, 0.05) is 17.6 Å². The summed E-state index contributed by atoms with van der Waals surface area (Å²) in [5, 5.41) is 0. The molecule has 0 bridgehead atoms. The molecule has 0 aliphatic carbocycles. The van der Waals surface area contributed by atoms with E-state index in [0.29, 0.717) is 10.8 Å². The fourth-order valence-corrected chi connectivity index (χ4v) is 5.64. The van der Waals surface area contributed by atoms with Gasteiger partial charge in [-0.2, -0.15) is 4.31 Å². The topological polar surface area (TPSA) is 50.3 Å². The summed E-state index contributed by atoms with van der Waals surface area (Å²) in [6.07, 6.45) is 3.43. The average molecular weight is 308 g/mol. The zero-order valence-electron chi connectivity index (χ0n) is 11.2. The maximum absolute atomic E-state index is 12.7. The number of pyridine rings is 1. The van der Waals surface area contributed by atoms with Crippen LogP contribution in [0.15, 0.2) is 40.7 Å². The Bertz CT molecular complexity index is 695. The Hall–Kier alpha value is -1.24. The van der Waals surface area contributed by atoms with Gasteiger partial charge in [0.05, 0.1) is 11.7 Å². The van der Waals surface area contributed by atoms with Gasteiger partial charge < -0.3 is 0 Å². The molecule has 2 aromatic rings. The third kappa shape index (κ3) is 2.39. The lowest BCUT2D eigenvalue weighted by molar-refractivity contribution is 0.391. The molecular formula is C14H16N2O2S2. The first-order valence-corrected chi connectivity index (χ1v) is 8.84. The SMILES string of the molecule is Cc1ccc(S(=O)(=O)N2CCCC2c2ccccn2)s1. The van der Waals surface area contributed by atoms with E-state index < -0.39 is 10.0 Å². The summed E-state index contributed by atoms with van der Waals surface area (Å²) in [6.45, 7) is 2.49. The fourth-order valence-electron chi connectivity index (χ4n) is 2.56. The molecule has 20 heavy (non-hydrogen) atoms. The van der Waals surface area contributed by atoms with Crippen molar-refractivity contribution in [3.8, 4) is 0 Å². The van der Waals surface area contributed by atoms with Gasteiger partial charge in [0.15, 0.2) is 0 Å². The van der Waals surface area contributed by atoms with Crippen LogP contribution in [0.5, 0.6) is 0 Å². The minimum Gasteiger partial charge on any atom is -0.260 e. The molecule has 1 unspecified atom stereocenters. The minimum absolute atomic E-state index is 0.136. The van der Waals surface area contributed by atoms with Crippen LogP contribution in [-0.2, 0) is 10.0 Å². The van der Waals surface area contributed by atoms with Crippen molar-refractivity contribution in [1.82, 2.24) is 9.29 Å². The largest absolute Gasteiger partial charge is 0.260 e. The lowest BCUT2D eigenvalue weighted by Gasteiger charge is -2.22. The number of rotatable bonds is 3. The van der Waals surface area contributed by atoms with Crippen LogP contribution in [0.25, 0.3) is 0 Å². The quantitative estimate of drug-likeness (QED) is 0.876. The van der Waals surface area contributed by atoms with E-state index in [1.54, 1.807) is 16.6 Å². The summed E-state index contributed by atoms with van der Waals surface area (Å²) < 4.78 is 27.5. The Morgan fingerprint density at radius 1 is 1.30 bits per heavy atom. The normalized spacial score (nSPS) is 20.4. The monoisotopic (exact) mass is 308 g/mol. The number of aryl methyl sites for hydroxylation is 1. The number of nitrogens with zero attached hydrogens (tertiary/aromatic N) is 2. The molecule has 2 aromatic heterocycles. The predicted octanol–water partition coefficient (Wildman–Crippen LogP) is 2.98. The van der Waals surface area contributed by atoms with E-state index in [0.717, 1.165) is 23.4 Å². The van der Waals surface area contributed by atoms with Gasteiger partial charge in [-0.1, -0.05) is 6.07 Å². The highest BCUT2D eigenvalue weighted by atomic mass is 32.2. The van der Waals surface area contributed by atoms with Crippen molar-refractivity contribution in [3.63, 3.8) is 0 Å². The highest BCUT2D eigenvalue weighted by molar-refractivity contribution is 7.91. The van der Waals surface area contributed by atoms with Gasteiger partial charge >= 0.3 is 0 Å². The zero-order valence-corrected chi connectivity index (χ0v) is 12.8. The van der Waals surface area contributed by atoms with Crippen molar-refractivity contribution in [3.05, 3.63) is 47.1 Å². The van der Waals surface area contributed by atoms with E-state index in [1.807, 2.05) is 31.2 Å². The Labute approximate surface area is 123 Å². The third-order valence-corrected chi connectivity index (χ3v) is 6.89. The first kappa shape index (κ1) is 13.7. The molecule has 0 N–H and O–H groups in total. The van der Waals surface area contributed by atoms with Crippen molar-refractivity contribution in [2.45, 2.75) is 30.0 Å². The molecule has 106 valence electrons. The highest BCUT2D eigenvalue weighted by Crippen LogP contribution is 2.37. The molecule has 0 aromatic carbocycles. The zero-order chi connectivity index (χ0) is 14.2. The van der Waals surface area contributed by atoms with Crippen LogP contribution in [0, 0.1) is 6.92 Å². The summed E-state index contributed by atoms with van der Waals surface area (Å²) in [7, 11) is -3.40. The second-order valence-electron chi connectivity index (χ2n) is 4.89. The summed E-state index contributed by atoms with van der Waals surface area (Å²) in [4.78, 5) is 5.33. The Balaban J connectivity index is 1.97. The molecule has 6 heteroatoms. The molecule has 1 atom stereocenters. The van der Waals surface area contributed by atoms with Crippen molar-refractivity contribution < 1.29 is 8.42 Å². The molecule has 1 fully saturated rings. The average Bonchev–Trinajstić information content (AvgIpc) is 3.08. The highest BCUT2D eigenvalue weighted by Gasteiger charge is 2.37. The molecule has 1 aliphatic rings.